The molecule has 126 valence electrons. The summed E-state index contributed by atoms with van der Waals surface area (Å²) in [5, 5.41) is 0. The van der Waals surface area contributed by atoms with Gasteiger partial charge in [0.25, 0.3) is 11.9 Å². The van der Waals surface area contributed by atoms with Gasteiger partial charge in [-0.15, -0.1) is 12.4 Å². The van der Waals surface area contributed by atoms with Gasteiger partial charge in [-0.1, -0.05) is 32.0 Å². The van der Waals surface area contributed by atoms with Crippen molar-refractivity contribution in [1.82, 2.24) is 4.90 Å². The first-order valence-corrected chi connectivity index (χ1v) is 7.19. The standard InChI is InChI=1S/C17H22N2O3.ClH/c1-17(2,11-18)12-19(3)16(20)14-9-10-15(22-14)21-13-7-5-4-6-8-13;/h4-10H,11-12,18H2,1-3H3;1H. The van der Waals surface area contributed by atoms with Crippen molar-refractivity contribution >= 4 is 18.3 Å². The van der Waals surface area contributed by atoms with E-state index in [-0.39, 0.29) is 29.5 Å². The number of nitrogens with zero attached hydrogens (tertiary/aromatic N) is 1. The van der Waals surface area contributed by atoms with Crippen molar-refractivity contribution in [3.05, 3.63) is 48.2 Å². The zero-order chi connectivity index (χ0) is 16.2. The van der Waals surface area contributed by atoms with E-state index in [1.807, 2.05) is 44.2 Å². The molecule has 0 saturated heterocycles. The molecule has 2 N–H and O–H groups in total. The molecule has 2 aromatic rings. The van der Waals surface area contributed by atoms with Crippen molar-refractivity contribution < 1.29 is 13.9 Å². The molecule has 1 aromatic carbocycles. The number of hydrogen-bond donors (Lipinski definition) is 1. The van der Waals surface area contributed by atoms with Gasteiger partial charge in [0.1, 0.15) is 5.75 Å². The summed E-state index contributed by atoms with van der Waals surface area (Å²) in [6, 6.07) is 12.5. The Bertz CT molecular complexity index is 626. The molecule has 6 heteroatoms. The van der Waals surface area contributed by atoms with Crippen LogP contribution < -0.4 is 10.5 Å². The lowest BCUT2D eigenvalue weighted by Gasteiger charge is -2.28. The number of ether oxygens (including phenoxy) is 1. The van der Waals surface area contributed by atoms with Crippen LogP contribution in [0.15, 0.2) is 46.9 Å². The number of halogens is 1. The number of carbonyl (C=O) groups excluding carboxylic acids is 1. The number of amides is 1. The molecule has 0 aliphatic rings. The molecule has 0 fully saturated rings. The average Bonchev–Trinajstić information content (AvgIpc) is 2.95. The molecule has 1 heterocycles. The number of carbonyl (C=O) groups is 1. The van der Waals surface area contributed by atoms with Gasteiger partial charge in [0.15, 0.2) is 5.76 Å². The molecule has 1 amide bonds. The van der Waals surface area contributed by atoms with Crippen LogP contribution in [-0.4, -0.2) is 30.9 Å². The summed E-state index contributed by atoms with van der Waals surface area (Å²) >= 11 is 0. The Morgan fingerprint density at radius 3 is 2.48 bits per heavy atom. The lowest BCUT2D eigenvalue weighted by Crippen LogP contribution is -2.39. The van der Waals surface area contributed by atoms with Gasteiger partial charge < -0.3 is 19.8 Å². The average molecular weight is 339 g/mol. The summed E-state index contributed by atoms with van der Waals surface area (Å²) in [5.74, 6) is 1.01. The van der Waals surface area contributed by atoms with E-state index in [1.54, 1.807) is 24.1 Å². The van der Waals surface area contributed by atoms with Gasteiger partial charge in [-0.2, -0.15) is 0 Å². The third kappa shape index (κ3) is 5.30. The minimum atomic E-state index is -0.190. The van der Waals surface area contributed by atoms with Gasteiger partial charge in [0.2, 0.25) is 0 Å². The fourth-order valence-electron chi connectivity index (χ4n) is 2.06. The Hall–Kier alpha value is -1.98. The topological polar surface area (TPSA) is 68.7 Å². The van der Waals surface area contributed by atoms with E-state index < -0.39 is 0 Å². The molecule has 5 nitrogen and oxygen atoms in total. The Kier molecular flexibility index (Phi) is 6.66. The van der Waals surface area contributed by atoms with Crippen molar-refractivity contribution in [2.75, 3.05) is 20.1 Å². The largest absolute Gasteiger partial charge is 0.426 e. The first-order valence-electron chi connectivity index (χ1n) is 7.19. The molecule has 0 atom stereocenters. The van der Waals surface area contributed by atoms with Crippen molar-refractivity contribution in [2.24, 2.45) is 11.1 Å². The smallest absolute Gasteiger partial charge is 0.290 e. The summed E-state index contributed by atoms with van der Waals surface area (Å²) in [6.45, 7) is 5.09. The van der Waals surface area contributed by atoms with Crippen LogP contribution in [-0.2, 0) is 0 Å². The van der Waals surface area contributed by atoms with Gasteiger partial charge in [-0.05, 0) is 30.2 Å². The third-order valence-corrected chi connectivity index (χ3v) is 3.32. The molecule has 2 rings (SSSR count). The van der Waals surface area contributed by atoms with E-state index in [4.69, 9.17) is 14.9 Å². The molecule has 0 aliphatic heterocycles. The normalized spacial score (nSPS) is 10.8. The summed E-state index contributed by atoms with van der Waals surface area (Å²) in [5.41, 5.74) is 5.56. The Labute approximate surface area is 142 Å². The second kappa shape index (κ2) is 8.04. The Morgan fingerprint density at radius 1 is 1.22 bits per heavy atom. The fraction of sp³-hybridized carbons (Fsp3) is 0.353. The third-order valence-electron chi connectivity index (χ3n) is 3.32. The second-order valence-corrected chi connectivity index (χ2v) is 6.06. The molecule has 0 bridgehead atoms. The van der Waals surface area contributed by atoms with Crippen LogP contribution in [0.25, 0.3) is 0 Å². The van der Waals surface area contributed by atoms with Crippen LogP contribution in [0.1, 0.15) is 24.4 Å². The molecular formula is C17H23ClN2O3. The predicted octanol–water partition coefficient (Wildman–Crippen LogP) is 3.55. The van der Waals surface area contributed by atoms with Gasteiger partial charge in [-0.3, -0.25) is 4.79 Å². The zero-order valence-electron chi connectivity index (χ0n) is 13.6. The summed E-state index contributed by atoms with van der Waals surface area (Å²) in [7, 11) is 1.74. The lowest BCUT2D eigenvalue weighted by atomic mass is 9.93. The highest BCUT2D eigenvalue weighted by Crippen LogP contribution is 2.24. The van der Waals surface area contributed by atoms with Crippen LogP contribution in [0.4, 0.5) is 0 Å². The monoisotopic (exact) mass is 338 g/mol. The molecule has 0 radical (unpaired) electrons. The molecule has 1 aromatic heterocycles. The second-order valence-electron chi connectivity index (χ2n) is 6.06. The van der Waals surface area contributed by atoms with E-state index in [1.165, 1.54) is 0 Å². The number of benzene rings is 1. The van der Waals surface area contributed by atoms with Crippen molar-refractivity contribution in [2.45, 2.75) is 13.8 Å². The highest BCUT2D eigenvalue weighted by atomic mass is 35.5. The Morgan fingerprint density at radius 2 is 1.87 bits per heavy atom. The number of nitrogens with two attached hydrogens (primary N) is 1. The quantitative estimate of drug-likeness (QED) is 0.874. The van der Waals surface area contributed by atoms with Crippen LogP contribution in [0.3, 0.4) is 0 Å². The SMILES string of the molecule is CN(CC(C)(C)CN)C(=O)c1ccc(Oc2ccccc2)o1.Cl. The molecule has 23 heavy (non-hydrogen) atoms. The van der Waals surface area contributed by atoms with E-state index in [9.17, 15) is 4.79 Å². The summed E-state index contributed by atoms with van der Waals surface area (Å²) in [4.78, 5) is 13.9. The maximum absolute atomic E-state index is 12.3. The highest BCUT2D eigenvalue weighted by Gasteiger charge is 2.23. The van der Waals surface area contributed by atoms with Crippen molar-refractivity contribution in [1.29, 1.82) is 0 Å². The first-order chi connectivity index (χ1) is 10.4. The number of furan rings is 1. The molecule has 0 unspecified atom stereocenters. The van der Waals surface area contributed by atoms with Crippen LogP contribution in [0.2, 0.25) is 0 Å². The van der Waals surface area contributed by atoms with Gasteiger partial charge in [-0.25, -0.2) is 0 Å². The number of para-hydroxylation sites is 1. The predicted molar refractivity (Wildman–Crippen MR) is 92.3 cm³/mol. The van der Waals surface area contributed by atoms with E-state index in [2.05, 4.69) is 0 Å². The summed E-state index contributed by atoms with van der Waals surface area (Å²) in [6.07, 6.45) is 0. The van der Waals surface area contributed by atoms with Gasteiger partial charge in [0.05, 0.1) is 0 Å². The highest BCUT2D eigenvalue weighted by molar-refractivity contribution is 5.91. The zero-order valence-corrected chi connectivity index (χ0v) is 14.4. The van der Waals surface area contributed by atoms with Crippen LogP contribution in [0.5, 0.6) is 11.7 Å². The van der Waals surface area contributed by atoms with E-state index in [0.717, 1.165) is 0 Å². The maximum Gasteiger partial charge on any atom is 0.290 e. The number of rotatable bonds is 6. The molecular weight excluding hydrogens is 316 g/mol. The first kappa shape index (κ1) is 19.1. The fourth-order valence-corrected chi connectivity index (χ4v) is 2.06. The van der Waals surface area contributed by atoms with Crippen LogP contribution >= 0.6 is 12.4 Å². The van der Waals surface area contributed by atoms with Gasteiger partial charge >= 0.3 is 0 Å². The van der Waals surface area contributed by atoms with Crippen LogP contribution in [0, 0.1) is 5.41 Å². The van der Waals surface area contributed by atoms with E-state index in [0.29, 0.717) is 24.8 Å². The summed E-state index contributed by atoms with van der Waals surface area (Å²) < 4.78 is 11.0. The van der Waals surface area contributed by atoms with Crippen molar-refractivity contribution in [3.63, 3.8) is 0 Å². The van der Waals surface area contributed by atoms with Gasteiger partial charge in [0, 0.05) is 19.7 Å². The lowest BCUT2D eigenvalue weighted by molar-refractivity contribution is 0.0704. The van der Waals surface area contributed by atoms with E-state index >= 15 is 0 Å². The minimum absolute atomic E-state index is 0. The molecule has 0 spiro atoms. The maximum atomic E-state index is 12.3. The van der Waals surface area contributed by atoms with Crippen molar-refractivity contribution in [3.8, 4) is 11.7 Å². The minimum Gasteiger partial charge on any atom is -0.426 e. The molecule has 0 saturated carbocycles. The Balaban J connectivity index is 0.00000264. The number of hydrogen-bond acceptors (Lipinski definition) is 4. The molecule has 0 aliphatic carbocycles.